The van der Waals surface area contributed by atoms with Crippen molar-refractivity contribution in [2.45, 2.75) is 64.5 Å². The quantitative estimate of drug-likeness (QED) is 0.410. The molecule has 0 radical (unpaired) electrons. The number of carbonyl (C=O) groups is 2. The second kappa shape index (κ2) is 11.0. The van der Waals surface area contributed by atoms with Gasteiger partial charge in [0.05, 0.1) is 5.92 Å². The Kier molecular flexibility index (Phi) is 8.28. The zero-order valence-electron chi connectivity index (χ0n) is 19.9. The van der Waals surface area contributed by atoms with Gasteiger partial charge in [-0.1, -0.05) is 25.7 Å². The zero-order chi connectivity index (χ0) is 24.1. The molecule has 184 valence electrons. The largest absolute Gasteiger partial charge is 0.465 e. The Balaban J connectivity index is 1.70. The van der Waals surface area contributed by atoms with Crippen LogP contribution in [0.15, 0.2) is 0 Å². The summed E-state index contributed by atoms with van der Waals surface area (Å²) < 4.78 is 15.4. The Morgan fingerprint density at radius 3 is 2.55 bits per heavy atom. The van der Waals surface area contributed by atoms with E-state index in [4.69, 9.17) is 5.11 Å². The van der Waals surface area contributed by atoms with Crippen LogP contribution in [0.5, 0.6) is 0 Å². The lowest BCUT2D eigenvalue weighted by molar-refractivity contribution is -0.124. The number of amides is 2. The van der Waals surface area contributed by atoms with Crippen LogP contribution in [0.1, 0.15) is 51.3 Å². The average molecular weight is 466 g/mol. The first kappa shape index (κ1) is 24.9. The van der Waals surface area contributed by atoms with Gasteiger partial charge in [0.15, 0.2) is 11.6 Å². The van der Waals surface area contributed by atoms with Gasteiger partial charge in [-0.2, -0.15) is 4.39 Å². The van der Waals surface area contributed by atoms with E-state index < -0.39 is 23.7 Å². The molecule has 2 aliphatic rings. The third kappa shape index (κ3) is 6.21. The summed E-state index contributed by atoms with van der Waals surface area (Å²) in [6.45, 7) is 4.41. The van der Waals surface area contributed by atoms with Gasteiger partial charge in [-0.15, -0.1) is 0 Å². The molecule has 1 saturated carbocycles. The van der Waals surface area contributed by atoms with Crippen molar-refractivity contribution in [2.75, 3.05) is 37.5 Å². The smallest absolute Gasteiger partial charge is 0.404 e. The first-order chi connectivity index (χ1) is 15.7. The van der Waals surface area contributed by atoms with E-state index in [9.17, 15) is 9.59 Å². The van der Waals surface area contributed by atoms with Gasteiger partial charge in [0.1, 0.15) is 5.82 Å². The fraction of sp³-hybridized carbons (Fsp3) is 0.727. The van der Waals surface area contributed by atoms with E-state index in [1.54, 1.807) is 6.92 Å². The fourth-order valence-electron chi connectivity index (χ4n) is 5.09. The molecule has 1 aromatic rings. The Labute approximate surface area is 194 Å². The number of hydrazine groups is 1. The molecule has 4 N–H and O–H groups in total. The van der Waals surface area contributed by atoms with Crippen LogP contribution in [0.4, 0.5) is 20.8 Å². The predicted octanol–water partition coefficient (Wildman–Crippen LogP) is 2.36. The number of hydrogen-bond donors (Lipinski definition) is 4. The van der Waals surface area contributed by atoms with E-state index in [2.05, 4.69) is 31.0 Å². The molecule has 0 unspecified atom stereocenters. The van der Waals surface area contributed by atoms with Crippen LogP contribution in [0.3, 0.4) is 0 Å². The summed E-state index contributed by atoms with van der Waals surface area (Å²) in [4.78, 5) is 36.3. The van der Waals surface area contributed by atoms with Crippen LogP contribution in [-0.4, -0.2) is 71.2 Å². The van der Waals surface area contributed by atoms with Crippen LogP contribution < -0.4 is 21.1 Å². The van der Waals surface area contributed by atoms with E-state index >= 15 is 4.39 Å². The van der Waals surface area contributed by atoms with E-state index in [1.807, 2.05) is 25.9 Å². The highest BCUT2D eigenvalue weighted by atomic mass is 19.1. The second-order valence-electron chi connectivity index (χ2n) is 9.39. The molecule has 1 aliphatic heterocycles. The molecule has 10 nitrogen and oxygen atoms in total. The molecule has 11 heteroatoms. The van der Waals surface area contributed by atoms with E-state index in [-0.39, 0.29) is 30.3 Å². The van der Waals surface area contributed by atoms with E-state index in [0.717, 1.165) is 32.1 Å². The minimum atomic E-state index is -1.18. The highest BCUT2D eigenvalue weighted by Gasteiger charge is 2.35. The second-order valence-corrected chi connectivity index (χ2v) is 9.39. The lowest BCUT2D eigenvalue weighted by Crippen LogP contribution is -2.42. The monoisotopic (exact) mass is 465 g/mol. The lowest BCUT2D eigenvalue weighted by Gasteiger charge is -2.29. The van der Waals surface area contributed by atoms with Crippen LogP contribution >= 0.6 is 0 Å². The molecule has 33 heavy (non-hydrogen) atoms. The van der Waals surface area contributed by atoms with Crippen molar-refractivity contribution < 1.29 is 19.1 Å². The zero-order valence-corrected chi connectivity index (χ0v) is 19.9. The van der Waals surface area contributed by atoms with Crippen LogP contribution in [0.2, 0.25) is 0 Å². The summed E-state index contributed by atoms with van der Waals surface area (Å²) in [6, 6.07) is 0.359. The number of hydrogen-bond acceptors (Lipinski definition) is 7. The Morgan fingerprint density at radius 2 is 1.94 bits per heavy atom. The third-order valence-corrected chi connectivity index (χ3v) is 6.86. The minimum Gasteiger partial charge on any atom is -0.465 e. The molecule has 0 bridgehead atoms. The fourth-order valence-corrected chi connectivity index (χ4v) is 5.09. The summed E-state index contributed by atoms with van der Waals surface area (Å²) >= 11 is 0. The van der Waals surface area contributed by atoms with Crippen LogP contribution in [0.25, 0.3) is 0 Å². The standard InChI is InChI=1S/C22H36FN7O3/c1-13-17(29(3)4)9-10-30(13)20-18(23)19(25-14(2)26-20)27-28-21(31)16(12-24-22(32)33)11-15-7-5-6-8-15/h13,15-17,24H,5-12H2,1-4H3,(H,28,31)(H,32,33)(H,25,26,27)/t13-,16-,17-/m1/s1. The number of nitrogens with one attached hydrogen (secondary N) is 3. The van der Waals surface area contributed by atoms with Crippen LogP contribution in [-0.2, 0) is 4.79 Å². The molecule has 1 aromatic heterocycles. The first-order valence-corrected chi connectivity index (χ1v) is 11.7. The van der Waals surface area contributed by atoms with Crippen molar-refractivity contribution in [1.29, 1.82) is 0 Å². The van der Waals surface area contributed by atoms with Gasteiger partial charge in [-0.25, -0.2) is 14.8 Å². The molecule has 2 fully saturated rings. The molecule has 1 aliphatic carbocycles. The van der Waals surface area contributed by atoms with Crippen molar-refractivity contribution in [2.24, 2.45) is 11.8 Å². The lowest BCUT2D eigenvalue weighted by atomic mass is 9.92. The van der Waals surface area contributed by atoms with Crippen LogP contribution in [0, 0.1) is 24.6 Å². The molecule has 0 aromatic carbocycles. The average Bonchev–Trinajstić information content (AvgIpc) is 3.40. The number of halogens is 1. The Morgan fingerprint density at radius 1 is 1.24 bits per heavy atom. The first-order valence-electron chi connectivity index (χ1n) is 11.7. The van der Waals surface area contributed by atoms with Crippen molar-refractivity contribution >= 4 is 23.6 Å². The number of aromatic nitrogens is 2. The summed E-state index contributed by atoms with van der Waals surface area (Å²) in [5, 5.41) is 11.3. The molecular weight excluding hydrogens is 429 g/mol. The van der Waals surface area contributed by atoms with Gasteiger partial charge in [-0.05, 0) is 46.7 Å². The molecule has 3 atom stereocenters. The van der Waals surface area contributed by atoms with Gasteiger partial charge in [0, 0.05) is 25.2 Å². The maximum Gasteiger partial charge on any atom is 0.404 e. The van der Waals surface area contributed by atoms with Gasteiger partial charge in [-0.3, -0.25) is 15.6 Å². The van der Waals surface area contributed by atoms with Gasteiger partial charge in [0.25, 0.3) is 0 Å². The number of carbonyl (C=O) groups excluding carboxylic acids is 1. The maximum atomic E-state index is 15.4. The summed E-state index contributed by atoms with van der Waals surface area (Å²) in [5.74, 6) is -0.677. The highest BCUT2D eigenvalue weighted by Crippen LogP contribution is 2.32. The molecule has 2 heterocycles. The van der Waals surface area contributed by atoms with Crippen molar-refractivity contribution in [1.82, 2.24) is 25.6 Å². The number of likely N-dealkylation sites (N-methyl/N-ethyl adjacent to an activating group) is 1. The van der Waals surface area contributed by atoms with Crippen molar-refractivity contribution in [3.05, 3.63) is 11.6 Å². The SMILES string of the molecule is Cc1nc(NNC(=O)[C@@H](CNC(=O)O)CC2CCCC2)c(F)c(N2CC[C@@H](N(C)C)[C@H]2C)n1. The topological polar surface area (TPSA) is 123 Å². The number of aryl methyl sites for hydroxylation is 1. The Hall–Kier alpha value is -2.69. The number of carboxylic acid groups (broad SMARTS) is 1. The summed E-state index contributed by atoms with van der Waals surface area (Å²) in [6.07, 6.45) is 4.63. The van der Waals surface area contributed by atoms with Crippen molar-refractivity contribution in [3.8, 4) is 0 Å². The Bertz CT molecular complexity index is 848. The third-order valence-electron chi connectivity index (χ3n) is 6.86. The minimum absolute atomic E-state index is 0.00704. The molecule has 2 amide bonds. The number of nitrogens with zero attached hydrogens (tertiary/aromatic N) is 4. The summed E-state index contributed by atoms with van der Waals surface area (Å²) in [5.41, 5.74) is 5.16. The van der Waals surface area contributed by atoms with Gasteiger partial charge >= 0.3 is 6.09 Å². The molecular formula is C22H36FN7O3. The van der Waals surface area contributed by atoms with Gasteiger partial charge < -0.3 is 20.2 Å². The number of rotatable bonds is 9. The molecule has 0 spiro atoms. The van der Waals surface area contributed by atoms with Gasteiger partial charge in [0.2, 0.25) is 11.7 Å². The molecule has 3 rings (SSSR count). The van der Waals surface area contributed by atoms with E-state index in [1.165, 1.54) is 0 Å². The molecule has 1 saturated heterocycles. The normalized spacial score (nSPS) is 21.9. The predicted molar refractivity (Wildman–Crippen MR) is 123 cm³/mol. The van der Waals surface area contributed by atoms with E-state index in [0.29, 0.717) is 24.7 Å². The number of anilines is 2. The highest BCUT2D eigenvalue weighted by molar-refractivity contribution is 5.80. The maximum absolute atomic E-state index is 15.4. The van der Waals surface area contributed by atoms with Crippen molar-refractivity contribution in [3.63, 3.8) is 0 Å². The summed E-state index contributed by atoms with van der Waals surface area (Å²) in [7, 11) is 4.02.